The zero-order valence-corrected chi connectivity index (χ0v) is 23.8. The molecule has 41 heavy (non-hydrogen) atoms. The molecule has 15 heteroatoms. The van der Waals surface area contributed by atoms with Crippen LogP contribution in [0.25, 0.3) is 17.3 Å². The molecule has 4 aromatic rings. The number of anilines is 2. The van der Waals surface area contributed by atoms with Crippen molar-refractivity contribution in [2.75, 3.05) is 49.8 Å². The number of β-amino-alcohol motifs (C(OH)–C–C–N with tert-alkyl or cyclic N) is 1. The van der Waals surface area contributed by atoms with Gasteiger partial charge in [0.15, 0.2) is 11.5 Å². The number of rotatable bonds is 10. The summed E-state index contributed by atoms with van der Waals surface area (Å²) in [7, 11) is 0.515. The third-order valence-corrected chi connectivity index (χ3v) is 8.00. The van der Waals surface area contributed by atoms with Crippen molar-refractivity contribution in [3.63, 3.8) is 0 Å². The van der Waals surface area contributed by atoms with E-state index in [1.807, 2.05) is 0 Å². The Morgan fingerprint density at radius 3 is 2.34 bits per heavy atom. The summed E-state index contributed by atoms with van der Waals surface area (Å²) < 4.78 is 53.2. The predicted octanol–water partition coefficient (Wildman–Crippen LogP) is 2.28. The number of methoxy groups -OCH3 is 3. The van der Waals surface area contributed by atoms with Gasteiger partial charge >= 0.3 is 0 Å². The average Bonchev–Trinajstić information content (AvgIpc) is 3.57. The normalized spacial score (nSPS) is 17.3. The molecule has 0 spiro atoms. The van der Waals surface area contributed by atoms with E-state index < -0.39 is 22.0 Å². The first-order valence-electron chi connectivity index (χ1n) is 12.7. The molecule has 0 bridgehead atoms. The lowest BCUT2D eigenvalue weighted by molar-refractivity contribution is 0.132. The predicted molar refractivity (Wildman–Crippen MR) is 149 cm³/mol. The van der Waals surface area contributed by atoms with Gasteiger partial charge in [-0.3, -0.25) is 9.29 Å². The van der Waals surface area contributed by atoms with Crippen molar-refractivity contribution in [2.45, 2.75) is 19.4 Å². The van der Waals surface area contributed by atoms with E-state index in [0.29, 0.717) is 46.9 Å². The number of benzene rings is 1. The number of aliphatic hydroxyl groups excluding tert-OH is 1. The number of aliphatic hydroxyl groups is 1. The van der Waals surface area contributed by atoms with Crippen LogP contribution >= 0.6 is 0 Å². The van der Waals surface area contributed by atoms with Crippen molar-refractivity contribution in [3.8, 4) is 34.5 Å². The molecule has 0 amide bonds. The smallest absolute Gasteiger partial charge is 0.243 e. The zero-order chi connectivity index (χ0) is 29.1. The molecule has 5 rings (SSSR count). The van der Waals surface area contributed by atoms with Crippen LogP contribution in [0.1, 0.15) is 12.2 Å². The van der Waals surface area contributed by atoms with E-state index in [1.54, 1.807) is 42.2 Å². The minimum atomic E-state index is -3.99. The Morgan fingerprint density at radius 2 is 1.73 bits per heavy atom. The Morgan fingerprint density at radius 1 is 1.02 bits per heavy atom. The van der Waals surface area contributed by atoms with Crippen molar-refractivity contribution in [3.05, 3.63) is 48.5 Å². The fourth-order valence-corrected chi connectivity index (χ4v) is 6.21. The first-order chi connectivity index (χ1) is 19.7. The molecule has 2 atom stereocenters. The summed E-state index contributed by atoms with van der Waals surface area (Å²) >= 11 is 0. The summed E-state index contributed by atoms with van der Waals surface area (Å²) in [5, 5.41) is 18.9. The average molecular weight is 586 g/mol. The van der Waals surface area contributed by atoms with E-state index in [-0.39, 0.29) is 30.5 Å². The van der Waals surface area contributed by atoms with Gasteiger partial charge in [0.05, 0.1) is 45.6 Å². The molecule has 0 aliphatic carbocycles. The Kier molecular flexibility index (Phi) is 7.99. The minimum Gasteiger partial charge on any atom is -0.494 e. The summed E-state index contributed by atoms with van der Waals surface area (Å²) in [5.74, 6) is 2.14. The van der Waals surface area contributed by atoms with E-state index in [1.165, 1.54) is 38.3 Å². The lowest BCUT2D eigenvalue weighted by atomic mass is 9.98. The van der Waals surface area contributed by atoms with Gasteiger partial charge in [-0.1, -0.05) is 6.07 Å². The highest BCUT2D eigenvalue weighted by molar-refractivity contribution is 7.92. The van der Waals surface area contributed by atoms with Crippen molar-refractivity contribution in [1.29, 1.82) is 0 Å². The van der Waals surface area contributed by atoms with Crippen LogP contribution in [-0.2, 0) is 10.0 Å². The van der Waals surface area contributed by atoms with Gasteiger partial charge in [-0.05, 0) is 43.5 Å². The van der Waals surface area contributed by atoms with Crippen LogP contribution in [0, 0.1) is 12.8 Å². The van der Waals surface area contributed by atoms with Crippen LogP contribution in [0.2, 0.25) is 0 Å². The Hall–Kier alpha value is -4.37. The molecule has 4 heterocycles. The van der Waals surface area contributed by atoms with Gasteiger partial charge in [0.2, 0.25) is 27.7 Å². The molecule has 218 valence electrons. The van der Waals surface area contributed by atoms with Crippen molar-refractivity contribution in [1.82, 2.24) is 24.7 Å². The molecular formula is C26H31N7O7S. The number of aromatic nitrogens is 5. The van der Waals surface area contributed by atoms with Crippen LogP contribution in [0.3, 0.4) is 0 Å². The molecule has 0 radical (unpaired) electrons. The Labute approximate surface area is 237 Å². The highest BCUT2D eigenvalue weighted by Crippen LogP contribution is 2.38. The summed E-state index contributed by atoms with van der Waals surface area (Å²) in [5.41, 5.74) is 0.389. The number of furan rings is 1. The lowest BCUT2D eigenvalue weighted by Gasteiger charge is -2.35. The second kappa shape index (κ2) is 11.6. The van der Waals surface area contributed by atoms with Crippen molar-refractivity contribution in [2.24, 2.45) is 5.92 Å². The van der Waals surface area contributed by atoms with Crippen molar-refractivity contribution >= 4 is 21.9 Å². The standard InChI is InChI=1S/C26H31N7O7S/c1-16-8-9-22(40-16)24-29-30-26(33(24)23-20(38-3)6-5-7-21(23)39-4)31-41(35,36)15-17-10-18(34)14-32(13-17)25-27-11-19(37-2)12-28-25/h5-9,11-12,17-18,34H,10,13-15H2,1-4H3,(H,30,31)/t17-,18+/m0/s1. The maximum absolute atomic E-state index is 13.5. The molecule has 1 aliphatic heterocycles. The second-order valence-corrected chi connectivity index (χ2v) is 11.3. The maximum atomic E-state index is 13.5. The van der Waals surface area contributed by atoms with E-state index >= 15 is 0 Å². The van der Waals surface area contributed by atoms with Gasteiger partial charge < -0.3 is 28.6 Å². The van der Waals surface area contributed by atoms with Gasteiger partial charge in [-0.25, -0.2) is 18.4 Å². The van der Waals surface area contributed by atoms with E-state index in [0.717, 1.165) is 0 Å². The first-order valence-corrected chi connectivity index (χ1v) is 14.4. The van der Waals surface area contributed by atoms with E-state index in [9.17, 15) is 13.5 Å². The highest BCUT2D eigenvalue weighted by atomic mass is 32.2. The number of hydrogen-bond acceptors (Lipinski definition) is 12. The molecule has 1 fully saturated rings. The van der Waals surface area contributed by atoms with Gasteiger partial charge in [0.25, 0.3) is 0 Å². The van der Waals surface area contributed by atoms with Crippen LogP contribution in [0.5, 0.6) is 17.2 Å². The number of piperidine rings is 1. The molecule has 3 aromatic heterocycles. The SMILES string of the molecule is COc1cnc(N2C[C@H](O)C[C@H](CS(=O)(=O)Nc3nnc(-c4ccc(C)o4)n3-c3c(OC)cccc3OC)C2)nc1. The fraction of sp³-hybridized carbons (Fsp3) is 0.385. The maximum Gasteiger partial charge on any atom is 0.243 e. The second-order valence-electron chi connectivity index (χ2n) is 9.57. The van der Waals surface area contributed by atoms with E-state index in [4.69, 9.17) is 18.6 Å². The third-order valence-electron chi connectivity index (χ3n) is 6.60. The van der Waals surface area contributed by atoms with Crippen LogP contribution in [0.4, 0.5) is 11.9 Å². The summed E-state index contributed by atoms with van der Waals surface area (Å²) in [6.45, 7) is 2.40. The molecular weight excluding hydrogens is 554 g/mol. The van der Waals surface area contributed by atoms with Gasteiger partial charge in [-0.2, -0.15) is 0 Å². The molecule has 0 unspecified atom stereocenters. The first kappa shape index (κ1) is 28.2. The number of hydrogen-bond donors (Lipinski definition) is 2. The molecule has 1 aromatic carbocycles. The largest absolute Gasteiger partial charge is 0.494 e. The third kappa shape index (κ3) is 6.05. The fourth-order valence-electron chi connectivity index (χ4n) is 4.86. The number of ether oxygens (including phenoxy) is 3. The monoisotopic (exact) mass is 585 g/mol. The van der Waals surface area contributed by atoms with E-state index in [2.05, 4.69) is 24.9 Å². The Balaban J connectivity index is 1.46. The number of nitrogens with zero attached hydrogens (tertiary/aromatic N) is 6. The van der Waals surface area contributed by atoms with Crippen LogP contribution in [-0.4, -0.2) is 84.5 Å². The van der Waals surface area contributed by atoms with Gasteiger partial charge in [-0.15, -0.1) is 10.2 Å². The Bertz CT molecular complexity index is 1580. The molecule has 0 saturated carbocycles. The topological polar surface area (TPSA) is 167 Å². The number of sulfonamides is 1. The van der Waals surface area contributed by atoms with Gasteiger partial charge in [0.1, 0.15) is 22.9 Å². The summed E-state index contributed by atoms with van der Waals surface area (Å²) in [6.07, 6.45) is 2.57. The number of aryl methyl sites for hydroxylation is 1. The molecule has 1 aliphatic rings. The molecule has 14 nitrogen and oxygen atoms in total. The molecule has 2 N–H and O–H groups in total. The zero-order valence-electron chi connectivity index (χ0n) is 23.0. The van der Waals surface area contributed by atoms with Crippen LogP contribution < -0.4 is 23.8 Å². The number of nitrogens with one attached hydrogen (secondary N) is 1. The van der Waals surface area contributed by atoms with Crippen molar-refractivity contribution < 1.29 is 32.2 Å². The highest BCUT2D eigenvalue weighted by Gasteiger charge is 2.32. The number of para-hydroxylation sites is 1. The lowest BCUT2D eigenvalue weighted by Crippen LogP contribution is -2.46. The molecule has 1 saturated heterocycles. The summed E-state index contributed by atoms with van der Waals surface area (Å²) in [6, 6.07) is 8.66. The van der Waals surface area contributed by atoms with Crippen LogP contribution in [0.15, 0.2) is 47.1 Å². The quantitative estimate of drug-likeness (QED) is 0.279. The van der Waals surface area contributed by atoms with Gasteiger partial charge in [0, 0.05) is 13.1 Å². The summed E-state index contributed by atoms with van der Waals surface area (Å²) in [4.78, 5) is 10.3. The minimum absolute atomic E-state index is 0.0800.